The number of likely N-dealkylation sites (tertiary alicyclic amines) is 1. The van der Waals surface area contributed by atoms with Crippen LogP contribution in [0.15, 0.2) is 18.2 Å². The Labute approximate surface area is 126 Å². The monoisotopic (exact) mass is 313 g/mol. The van der Waals surface area contributed by atoms with Gasteiger partial charge in [-0.3, -0.25) is 4.79 Å². The predicted octanol–water partition coefficient (Wildman–Crippen LogP) is 1.60. The summed E-state index contributed by atoms with van der Waals surface area (Å²) in [5.41, 5.74) is -1.52. The fraction of sp³-hybridized carbons (Fsp3) is 0.467. The van der Waals surface area contributed by atoms with Gasteiger partial charge in [0, 0.05) is 19.2 Å². The van der Waals surface area contributed by atoms with Crippen LogP contribution in [0, 0.1) is 11.6 Å². The first-order valence-electron chi connectivity index (χ1n) is 6.88. The number of carboxylic acids is 1. The van der Waals surface area contributed by atoms with Gasteiger partial charge in [0.05, 0.1) is 13.0 Å². The van der Waals surface area contributed by atoms with Gasteiger partial charge < -0.3 is 14.7 Å². The summed E-state index contributed by atoms with van der Waals surface area (Å²) in [5.74, 6) is -3.82. The lowest BCUT2D eigenvalue weighted by Gasteiger charge is -2.34. The zero-order valence-electron chi connectivity index (χ0n) is 12.1. The first-order chi connectivity index (χ1) is 10.4. The zero-order chi connectivity index (χ0) is 16.3. The van der Waals surface area contributed by atoms with Crippen LogP contribution in [0.25, 0.3) is 0 Å². The number of carbonyl (C=O) groups is 2. The Morgan fingerprint density at radius 1 is 1.41 bits per heavy atom. The molecule has 1 unspecified atom stereocenters. The van der Waals surface area contributed by atoms with E-state index < -0.39 is 29.0 Å². The molecule has 0 spiro atoms. The highest BCUT2D eigenvalue weighted by molar-refractivity contribution is 5.89. The van der Waals surface area contributed by atoms with E-state index in [-0.39, 0.29) is 31.6 Å². The van der Waals surface area contributed by atoms with Crippen molar-refractivity contribution in [3.8, 4) is 0 Å². The highest BCUT2D eigenvalue weighted by atomic mass is 19.2. The number of methoxy groups -OCH3 is 1. The molecule has 120 valence electrons. The first-order valence-corrected chi connectivity index (χ1v) is 6.88. The smallest absolute Gasteiger partial charge is 0.332 e. The van der Waals surface area contributed by atoms with E-state index in [0.717, 1.165) is 6.07 Å². The van der Waals surface area contributed by atoms with E-state index in [0.29, 0.717) is 6.42 Å². The van der Waals surface area contributed by atoms with Crippen LogP contribution in [0.2, 0.25) is 0 Å². The van der Waals surface area contributed by atoms with Gasteiger partial charge in [0.1, 0.15) is 0 Å². The summed E-state index contributed by atoms with van der Waals surface area (Å²) in [4.78, 5) is 25.2. The summed E-state index contributed by atoms with van der Waals surface area (Å²) in [6.07, 6.45) is 0.406. The van der Waals surface area contributed by atoms with Gasteiger partial charge in [0.25, 0.3) is 0 Å². The molecule has 0 bridgehead atoms. The second kappa shape index (κ2) is 6.39. The number of aliphatic carboxylic acids is 1. The summed E-state index contributed by atoms with van der Waals surface area (Å²) in [6, 6.07) is 3.58. The molecule has 0 aromatic heterocycles. The van der Waals surface area contributed by atoms with Gasteiger partial charge in [0.2, 0.25) is 5.91 Å². The third-order valence-electron chi connectivity index (χ3n) is 3.94. The average molecular weight is 313 g/mol. The molecule has 0 radical (unpaired) electrons. The lowest BCUT2D eigenvalue weighted by molar-refractivity contribution is -0.160. The minimum atomic E-state index is -1.43. The Hall–Kier alpha value is -2.02. The van der Waals surface area contributed by atoms with Gasteiger partial charge in [-0.2, -0.15) is 0 Å². The zero-order valence-corrected chi connectivity index (χ0v) is 12.1. The molecule has 1 fully saturated rings. The van der Waals surface area contributed by atoms with Crippen molar-refractivity contribution in [2.45, 2.75) is 24.8 Å². The fourth-order valence-electron chi connectivity index (χ4n) is 2.86. The molecule has 1 amide bonds. The number of hydrogen-bond acceptors (Lipinski definition) is 3. The summed E-state index contributed by atoms with van der Waals surface area (Å²) in [6.45, 7) is 0.116. The van der Waals surface area contributed by atoms with Crippen LogP contribution in [-0.4, -0.2) is 47.7 Å². The Morgan fingerprint density at radius 2 is 2.14 bits per heavy atom. The minimum absolute atomic E-state index is 0.0893. The van der Waals surface area contributed by atoms with E-state index in [2.05, 4.69) is 0 Å². The SMILES string of the molecule is COCC1(C(=O)O)CCCN1C(=O)Cc1cccc(F)c1F. The van der Waals surface area contributed by atoms with Crippen LogP contribution in [0.5, 0.6) is 0 Å². The number of ether oxygens (including phenoxy) is 1. The van der Waals surface area contributed by atoms with E-state index >= 15 is 0 Å². The van der Waals surface area contributed by atoms with Gasteiger partial charge in [-0.15, -0.1) is 0 Å². The van der Waals surface area contributed by atoms with Gasteiger partial charge in [-0.05, 0) is 18.9 Å². The molecule has 2 rings (SSSR count). The molecule has 1 aliphatic heterocycles. The molecule has 1 aliphatic rings. The van der Waals surface area contributed by atoms with Crippen LogP contribution in [0.1, 0.15) is 18.4 Å². The van der Waals surface area contributed by atoms with Crippen molar-refractivity contribution in [1.82, 2.24) is 4.90 Å². The number of carboxylic acid groups (broad SMARTS) is 1. The fourth-order valence-corrected chi connectivity index (χ4v) is 2.86. The van der Waals surface area contributed by atoms with Crippen molar-refractivity contribution < 1.29 is 28.2 Å². The Kier molecular flexibility index (Phi) is 4.75. The van der Waals surface area contributed by atoms with E-state index in [1.54, 1.807) is 0 Å². The van der Waals surface area contributed by atoms with E-state index in [9.17, 15) is 23.5 Å². The first kappa shape index (κ1) is 16.4. The number of amides is 1. The number of benzene rings is 1. The third kappa shape index (κ3) is 2.81. The maximum absolute atomic E-state index is 13.7. The molecule has 1 saturated heterocycles. The van der Waals surface area contributed by atoms with Crippen LogP contribution in [-0.2, 0) is 20.7 Å². The van der Waals surface area contributed by atoms with Crippen molar-refractivity contribution in [2.75, 3.05) is 20.3 Å². The van der Waals surface area contributed by atoms with Crippen molar-refractivity contribution in [3.05, 3.63) is 35.4 Å². The second-order valence-corrected chi connectivity index (χ2v) is 5.31. The van der Waals surface area contributed by atoms with Crippen LogP contribution in [0.3, 0.4) is 0 Å². The Morgan fingerprint density at radius 3 is 2.77 bits per heavy atom. The molecular weight excluding hydrogens is 296 g/mol. The molecule has 1 aromatic carbocycles. The molecule has 1 aromatic rings. The number of carbonyl (C=O) groups excluding carboxylic acids is 1. The van der Waals surface area contributed by atoms with E-state index in [1.807, 2.05) is 0 Å². The quantitative estimate of drug-likeness (QED) is 0.896. The normalized spacial score (nSPS) is 21.1. The van der Waals surface area contributed by atoms with Crippen LogP contribution in [0.4, 0.5) is 8.78 Å². The molecule has 1 atom stereocenters. The Balaban J connectivity index is 2.24. The lowest BCUT2D eigenvalue weighted by Crippen LogP contribution is -2.56. The van der Waals surface area contributed by atoms with Crippen LogP contribution >= 0.6 is 0 Å². The van der Waals surface area contributed by atoms with Crippen LogP contribution < -0.4 is 0 Å². The minimum Gasteiger partial charge on any atom is -0.479 e. The highest BCUT2D eigenvalue weighted by Gasteiger charge is 2.50. The maximum atomic E-state index is 13.7. The number of hydrogen-bond donors (Lipinski definition) is 1. The summed E-state index contributed by atoms with van der Waals surface area (Å²) < 4.78 is 31.8. The van der Waals surface area contributed by atoms with Crippen molar-refractivity contribution in [3.63, 3.8) is 0 Å². The van der Waals surface area contributed by atoms with Gasteiger partial charge in [-0.1, -0.05) is 12.1 Å². The third-order valence-corrected chi connectivity index (χ3v) is 3.94. The average Bonchev–Trinajstić information content (AvgIpc) is 2.89. The Bertz CT molecular complexity index is 593. The van der Waals surface area contributed by atoms with E-state index in [4.69, 9.17) is 4.74 Å². The maximum Gasteiger partial charge on any atom is 0.332 e. The number of nitrogens with zero attached hydrogens (tertiary/aromatic N) is 1. The lowest BCUT2D eigenvalue weighted by atomic mass is 9.96. The highest BCUT2D eigenvalue weighted by Crippen LogP contribution is 2.31. The summed E-state index contributed by atoms with van der Waals surface area (Å²) in [5, 5.41) is 9.47. The molecule has 0 aliphatic carbocycles. The summed E-state index contributed by atoms with van der Waals surface area (Å²) in [7, 11) is 1.36. The molecule has 22 heavy (non-hydrogen) atoms. The van der Waals surface area contributed by atoms with Gasteiger partial charge in [0.15, 0.2) is 17.2 Å². The molecule has 5 nitrogen and oxygen atoms in total. The number of halogens is 2. The van der Waals surface area contributed by atoms with Gasteiger partial charge >= 0.3 is 5.97 Å². The van der Waals surface area contributed by atoms with Crippen molar-refractivity contribution in [2.24, 2.45) is 0 Å². The predicted molar refractivity (Wildman–Crippen MR) is 73.3 cm³/mol. The molecule has 7 heteroatoms. The molecule has 1 N–H and O–H groups in total. The van der Waals surface area contributed by atoms with Gasteiger partial charge in [-0.25, -0.2) is 13.6 Å². The van der Waals surface area contributed by atoms with E-state index in [1.165, 1.54) is 24.1 Å². The molecule has 1 heterocycles. The molecular formula is C15H17F2NO4. The van der Waals surface area contributed by atoms with Crippen molar-refractivity contribution >= 4 is 11.9 Å². The number of rotatable bonds is 5. The van der Waals surface area contributed by atoms with Crippen molar-refractivity contribution in [1.29, 1.82) is 0 Å². The topological polar surface area (TPSA) is 66.8 Å². The standard InChI is InChI=1S/C15H17F2NO4/c1-22-9-15(14(20)21)6-3-7-18(15)12(19)8-10-4-2-5-11(16)13(10)17/h2,4-5H,3,6-9H2,1H3,(H,20,21). The second-order valence-electron chi connectivity index (χ2n) is 5.31. The summed E-state index contributed by atoms with van der Waals surface area (Å²) >= 11 is 0. The molecule has 0 saturated carbocycles. The largest absolute Gasteiger partial charge is 0.479 e.